The van der Waals surface area contributed by atoms with Crippen molar-refractivity contribution < 1.29 is 0 Å². The van der Waals surface area contributed by atoms with Crippen LogP contribution in [-0.2, 0) is 20.0 Å². The topological polar surface area (TPSA) is 79.7 Å². The summed E-state index contributed by atoms with van der Waals surface area (Å²) in [5.41, 5.74) is 9.83. The molecule has 5 heteroatoms. The first-order valence-electron chi connectivity index (χ1n) is 6.19. The first-order chi connectivity index (χ1) is 9.13. The van der Waals surface area contributed by atoms with Crippen LogP contribution in [0, 0.1) is 11.3 Å². The summed E-state index contributed by atoms with van der Waals surface area (Å²) in [7, 11) is 1.92. The van der Waals surface area contributed by atoms with Gasteiger partial charge in [0.1, 0.15) is 6.07 Å². The lowest BCUT2D eigenvalue weighted by atomic mass is 10.1. The molecule has 19 heavy (non-hydrogen) atoms. The van der Waals surface area contributed by atoms with E-state index in [4.69, 9.17) is 11.0 Å². The van der Waals surface area contributed by atoms with Gasteiger partial charge < -0.3 is 11.1 Å². The lowest BCUT2D eigenvalue weighted by Crippen LogP contribution is -2.02. The van der Waals surface area contributed by atoms with Gasteiger partial charge in [-0.1, -0.05) is 6.92 Å². The number of nitrogen functional groups attached to an aromatic ring is 1. The molecule has 0 bridgehead atoms. The molecule has 0 amide bonds. The SMILES string of the molecule is CCc1nn(C)cc1CNc1ccc(N)c(C#N)c1. The van der Waals surface area contributed by atoms with Crippen molar-refractivity contribution in [3.63, 3.8) is 0 Å². The normalized spacial score (nSPS) is 10.2. The maximum absolute atomic E-state index is 8.94. The second-order valence-electron chi connectivity index (χ2n) is 4.40. The Morgan fingerprint density at radius 2 is 2.26 bits per heavy atom. The summed E-state index contributed by atoms with van der Waals surface area (Å²) in [6.07, 6.45) is 2.91. The fraction of sp³-hybridized carbons (Fsp3) is 0.286. The Balaban J connectivity index is 2.12. The van der Waals surface area contributed by atoms with Crippen LogP contribution in [-0.4, -0.2) is 9.78 Å². The van der Waals surface area contributed by atoms with Crippen LogP contribution in [0.4, 0.5) is 11.4 Å². The summed E-state index contributed by atoms with van der Waals surface area (Å²) in [4.78, 5) is 0. The molecule has 98 valence electrons. The number of nitrogens with zero attached hydrogens (tertiary/aromatic N) is 3. The third-order valence-corrected chi connectivity index (χ3v) is 2.98. The lowest BCUT2D eigenvalue weighted by Gasteiger charge is -2.07. The molecule has 0 aliphatic heterocycles. The van der Waals surface area contributed by atoms with Crippen molar-refractivity contribution in [1.82, 2.24) is 9.78 Å². The van der Waals surface area contributed by atoms with Gasteiger partial charge in [0.25, 0.3) is 0 Å². The minimum atomic E-state index is 0.493. The summed E-state index contributed by atoms with van der Waals surface area (Å²) in [6.45, 7) is 2.77. The van der Waals surface area contributed by atoms with Crippen molar-refractivity contribution in [2.75, 3.05) is 11.1 Å². The molecule has 0 saturated heterocycles. The van der Waals surface area contributed by atoms with Crippen molar-refractivity contribution in [2.45, 2.75) is 19.9 Å². The van der Waals surface area contributed by atoms with E-state index in [1.54, 1.807) is 12.1 Å². The Bertz CT molecular complexity index is 621. The van der Waals surface area contributed by atoms with Crippen molar-refractivity contribution in [3.8, 4) is 6.07 Å². The van der Waals surface area contributed by atoms with E-state index < -0.39 is 0 Å². The van der Waals surface area contributed by atoms with Crippen LogP contribution < -0.4 is 11.1 Å². The zero-order valence-electron chi connectivity index (χ0n) is 11.1. The van der Waals surface area contributed by atoms with Gasteiger partial charge in [0.15, 0.2) is 0 Å². The van der Waals surface area contributed by atoms with Crippen LogP contribution in [0.2, 0.25) is 0 Å². The number of hydrogen-bond acceptors (Lipinski definition) is 4. The maximum Gasteiger partial charge on any atom is 0.101 e. The molecule has 0 aliphatic rings. The summed E-state index contributed by atoms with van der Waals surface area (Å²) in [5, 5.41) is 16.6. The average Bonchev–Trinajstić information content (AvgIpc) is 2.78. The number of hydrogen-bond donors (Lipinski definition) is 2. The molecule has 1 aromatic heterocycles. The second-order valence-corrected chi connectivity index (χ2v) is 4.40. The first-order valence-corrected chi connectivity index (χ1v) is 6.19. The molecular weight excluding hydrogens is 238 g/mol. The van der Waals surface area contributed by atoms with E-state index in [0.29, 0.717) is 17.8 Å². The van der Waals surface area contributed by atoms with E-state index in [-0.39, 0.29) is 0 Å². The van der Waals surface area contributed by atoms with E-state index >= 15 is 0 Å². The highest BCUT2D eigenvalue weighted by atomic mass is 15.3. The van der Waals surface area contributed by atoms with Gasteiger partial charge in [-0.15, -0.1) is 0 Å². The van der Waals surface area contributed by atoms with Gasteiger partial charge in [0.05, 0.1) is 11.3 Å². The van der Waals surface area contributed by atoms with Crippen LogP contribution in [0.1, 0.15) is 23.7 Å². The molecule has 0 radical (unpaired) electrons. The number of rotatable bonds is 4. The molecule has 0 spiro atoms. The quantitative estimate of drug-likeness (QED) is 0.819. The molecule has 2 aromatic rings. The van der Waals surface area contributed by atoms with Gasteiger partial charge in [0.2, 0.25) is 0 Å². The van der Waals surface area contributed by atoms with Crippen LogP contribution in [0.3, 0.4) is 0 Å². The third-order valence-electron chi connectivity index (χ3n) is 2.98. The van der Waals surface area contributed by atoms with Crippen molar-refractivity contribution in [2.24, 2.45) is 7.05 Å². The highest BCUT2D eigenvalue weighted by Crippen LogP contribution is 2.18. The van der Waals surface area contributed by atoms with Gasteiger partial charge in [-0.25, -0.2) is 0 Å². The van der Waals surface area contributed by atoms with E-state index in [2.05, 4.69) is 23.4 Å². The number of benzene rings is 1. The Hall–Kier alpha value is -2.48. The number of aryl methyl sites for hydroxylation is 2. The molecule has 0 saturated carbocycles. The standard InChI is InChI=1S/C14H17N5/c1-3-14-11(9-19(2)18-14)8-17-12-4-5-13(16)10(6-12)7-15/h4-6,9,17H,3,8,16H2,1-2H3. The molecule has 0 aliphatic carbocycles. The summed E-state index contributed by atoms with van der Waals surface area (Å²) in [5.74, 6) is 0. The molecule has 5 nitrogen and oxygen atoms in total. The second kappa shape index (κ2) is 5.44. The number of aromatic nitrogens is 2. The van der Waals surface area contributed by atoms with E-state index in [0.717, 1.165) is 17.8 Å². The molecule has 0 unspecified atom stereocenters. The molecule has 1 heterocycles. The first kappa shape index (κ1) is 13.0. The van der Waals surface area contributed by atoms with Gasteiger partial charge in [-0.3, -0.25) is 4.68 Å². The zero-order valence-corrected chi connectivity index (χ0v) is 11.1. The largest absolute Gasteiger partial charge is 0.398 e. The minimum Gasteiger partial charge on any atom is -0.398 e. The average molecular weight is 255 g/mol. The molecule has 3 N–H and O–H groups in total. The predicted octanol–water partition coefficient (Wildman–Crippen LogP) is 2.05. The highest BCUT2D eigenvalue weighted by Gasteiger charge is 2.06. The Morgan fingerprint density at radius 3 is 2.95 bits per heavy atom. The van der Waals surface area contributed by atoms with Crippen molar-refractivity contribution in [1.29, 1.82) is 5.26 Å². The van der Waals surface area contributed by atoms with Crippen molar-refractivity contribution >= 4 is 11.4 Å². The number of anilines is 2. The highest BCUT2D eigenvalue weighted by molar-refractivity contribution is 5.61. The summed E-state index contributed by atoms with van der Waals surface area (Å²) in [6, 6.07) is 7.45. The van der Waals surface area contributed by atoms with E-state index in [1.807, 2.05) is 24.0 Å². The van der Waals surface area contributed by atoms with Crippen LogP contribution in [0.15, 0.2) is 24.4 Å². The fourth-order valence-corrected chi connectivity index (χ4v) is 1.99. The Morgan fingerprint density at radius 1 is 1.47 bits per heavy atom. The van der Waals surface area contributed by atoms with Gasteiger partial charge in [0, 0.05) is 36.7 Å². The Labute approximate surface area is 112 Å². The molecule has 0 atom stereocenters. The van der Waals surface area contributed by atoms with Crippen LogP contribution in [0.5, 0.6) is 0 Å². The summed E-state index contributed by atoms with van der Waals surface area (Å²) >= 11 is 0. The molecule has 0 fully saturated rings. The van der Waals surface area contributed by atoms with Gasteiger partial charge >= 0.3 is 0 Å². The third kappa shape index (κ3) is 2.86. The smallest absolute Gasteiger partial charge is 0.101 e. The van der Waals surface area contributed by atoms with E-state index in [9.17, 15) is 0 Å². The molecular formula is C14H17N5. The van der Waals surface area contributed by atoms with Crippen LogP contribution in [0.25, 0.3) is 0 Å². The zero-order chi connectivity index (χ0) is 13.8. The lowest BCUT2D eigenvalue weighted by molar-refractivity contribution is 0.746. The van der Waals surface area contributed by atoms with Crippen molar-refractivity contribution in [3.05, 3.63) is 41.2 Å². The predicted molar refractivity (Wildman–Crippen MR) is 75.5 cm³/mol. The maximum atomic E-state index is 8.94. The number of nitriles is 1. The monoisotopic (exact) mass is 255 g/mol. The number of nitrogens with one attached hydrogen (secondary N) is 1. The minimum absolute atomic E-state index is 0.493. The van der Waals surface area contributed by atoms with Gasteiger partial charge in [-0.2, -0.15) is 10.4 Å². The summed E-state index contributed by atoms with van der Waals surface area (Å²) < 4.78 is 1.82. The Kier molecular flexibility index (Phi) is 3.71. The fourth-order valence-electron chi connectivity index (χ4n) is 1.99. The van der Waals surface area contributed by atoms with Crippen LogP contribution >= 0.6 is 0 Å². The number of nitrogens with two attached hydrogens (primary N) is 1. The van der Waals surface area contributed by atoms with Gasteiger partial charge in [-0.05, 0) is 24.6 Å². The molecule has 1 aromatic carbocycles. The molecule has 2 rings (SSSR count). The van der Waals surface area contributed by atoms with E-state index in [1.165, 1.54) is 5.56 Å².